The molecule has 0 atom stereocenters. The molecule has 2 aromatic heterocycles. The lowest BCUT2D eigenvalue weighted by Crippen LogP contribution is -2.12. The van der Waals surface area contributed by atoms with Crippen LogP contribution in [0.3, 0.4) is 0 Å². The quantitative estimate of drug-likeness (QED) is 0.771. The first-order chi connectivity index (χ1) is 10.6. The number of nitrogens with one attached hydrogen (secondary N) is 1. The number of carbonyl (C=O) groups is 1. The Hall–Kier alpha value is -2.59. The summed E-state index contributed by atoms with van der Waals surface area (Å²) in [5, 5.41) is 3.39. The van der Waals surface area contributed by atoms with Crippen molar-refractivity contribution in [2.75, 3.05) is 5.32 Å². The maximum Gasteiger partial charge on any atom is 0.292 e. The van der Waals surface area contributed by atoms with Crippen molar-refractivity contribution in [3.05, 3.63) is 71.1 Å². The summed E-state index contributed by atoms with van der Waals surface area (Å²) in [5.74, 6) is 1.04. The summed E-state index contributed by atoms with van der Waals surface area (Å²) in [6.07, 6.45) is 1.63. The molecule has 2 heterocycles. The summed E-state index contributed by atoms with van der Waals surface area (Å²) in [7, 11) is 0. The molecule has 0 fully saturated rings. The average Bonchev–Trinajstić information content (AvgIpc) is 3.00. The summed E-state index contributed by atoms with van der Waals surface area (Å²) in [6.45, 7) is 1.88. The number of hydrogen-bond donors (Lipinski definition) is 1. The number of anilines is 1. The van der Waals surface area contributed by atoms with Crippen LogP contribution < -0.4 is 5.32 Å². The van der Waals surface area contributed by atoms with E-state index in [0.29, 0.717) is 16.6 Å². The molecule has 0 saturated heterocycles. The van der Waals surface area contributed by atoms with E-state index in [2.05, 4.69) is 10.3 Å². The van der Waals surface area contributed by atoms with E-state index >= 15 is 0 Å². The van der Waals surface area contributed by atoms with E-state index in [4.69, 9.17) is 16.0 Å². The first-order valence-electron chi connectivity index (χ1n) is 6.72. The smallest absolute Gasteiger partial charge is 0.292 e. The highest BCUT2D eigenvalue weighted by Gasteiger charge is 2.13. The van der Waals surface area contributed by atoms with Crippen LogP contribution in [0.1, 0.15) is 16.1 Å². The molecule has 3 rings (SSSR count). The summed E-state index contributed by atoms with van der Waals surface area (Å²) >= 11 is 5.86. The molecule has 4 nitrogen and oxygen atoms in total. The van der Waals surface area contributed by atoms with E-state index < -0.39 is 0 Å². The van der Waals surface area contributed by atoms with Gasteiger partial charge in [-0.15, -0.1) is 0 Å². The van der Waals surface area contributed by atoms with Crippen LogP contribution in [0, 0.1) is 6.92 Å². The van der Waals surface area contributed by atoms with Crippen molar-refractivity contribution in [2.45, 2.75) is 6.92 Å². The monoisotopic (exact) mass is 312 g/mol. The Morgan fingerprint density at radius 1 is 1.14 bits per heavy atom. The predicted molar refractivity (Wildman–Crippen MR) is 86.1 cm³/mol. The van der Waals surface area contributed by atoms with Crippen molar-refractivity contribution >= 4 is 23.3 Å². The number of pyridine rings is 1. The maximum atomic E-state index is 12.2. The highest BCUT2D eigenvalue weighted by Crippen LogP contribution is 2.24. The number of aromatic nitrogens is 1. The Kier molecular flexibility index (Phi) is 3.94. The van der Waals surface area contributed by atoms with Gasteiger partial charge < -0.3 is 9.73 Å². The summed E-state index contributed by atoms with van der Waals surface area (Å²) < 4.78 is 5.60. The number of furan rings is 1. The molecule has 0 aliphatic heterocycles. The fourth-order valence-corrected chi connectivity index (χ4v) is 2.14. The third-order valence-corrected chi connectivity index (χ3v) is 3.45. The molecule has 1 N–H and O–H groups in total. The van der Waals surface area contributed by atoms with E-state index in [1.54, 1.807) is 30.5 Å². The topological polar surface area (TPSA) is 55.1 Å². The van der Waals surface area contributed by atoms with Crippen molar-refractivity contribution in [1.29, 1.82) is 0 Å². The lowest BCUT2D eigenvalue weighted by molar-refractivity contribution is 0.0997. The van der Waals surface area contributed by atoms with Crippen LogP contribution in [0.4, 0.5) is 5.82 Å². The van der Waals surface area contributed by atoms with Gasteiger partial charge >= 0.3 is 0 Å². The highest BCUT2D eigenvalue weighted by atomic mass is 35.5. The summed E-state index contributed by atoms with van der Waals surface area (Å²) in [6, 6.07) is 14.3. The molecule has 0 unspecified atom stereocenters. The zero-order valence-corrected chi connectivity index (χ0v) is 12.6. The van der Waals surface area contributed by atoms with E-state index in [1.165, 1.54) is 0 Å². The standard InChI is InChI=1S/C17H13ClN2O2/c1-11-3-2-10-19-16(11)20-17(21)15-9-8-14(22-15)12-4-6-13(18)7-5-12/h2-10H,1H3,(H,19,20,21). The Morgan fingerprint density at radius 3 is 2.64 bits per heavy atom. The Labute approximate surface area is 132 Å². The third kappa shape index (κ3) is 3.02. The molecule has 22 heavy (non-hydrogen) atoms. The Bertz CT molecular complexity index is 810. The molecule has 3 aromatic rings. The van der Waals surface area contributed by atoms with Gasteiger partial charge in [-0.3, -0.25) is 4.79 Å². The van der Waals surface area contributed by atoms with Gasteiger partial charge in [0, 0.05) is 16.8 Å². The fourth-order valence-electron chi connectivity index (χ4n) is 2.01. The van der Waals surface area contributed by atoms with Gasteiger partial charge in [-0.25, -0.2) is 4.98 Å². The Balaban J connectivity index is 1.80. The summed E-state index contributed by atoms with van der Waals surface area (Å²) in [5.41, 5.74) is 1.75. The first-order valence-corrected chi connectivity index (χ1v) is 7.10. The first kappa shape index (κ1) is 14.4. The van der Waals surface area contributed by atoms with E-state index in [0.717, 1.165) is 11.1 Å². The lowest BCUT2D eigenvalue weighted by atomic mass is 10.2. The van der Waals surface area contributed by atoms with Gasteiger partial charge in [0.2, 0.25) is 0 Å². The van der Waals surface area contributed by atoms with Crippen LogP contribution in [0.5, 0.6) is 0 Å². The highest BCUT2D eigenvalue weighted by molar-refractivity contribution is 6.30. The number of rotatable bonds is 3. The molecule has 0 aliphatic rings. The van der Waals surface area contributed by atoms with Crippen LogP contribution >= 0.6 is 11.6 Å². The SMILES string of the molecule is Cc1cccnc1NC(=O)c1ccc(-c2ccc(Cl)cc2)o1. The number of halogens is 1. The van der Waals surface area contributed by atoms with Gasteiger partial charge in [0.1, 0.15) is 11.6 Å². The van der Waals surface area contributed by atoms with Gasteiger partial charge in [-0.2, -0.15) is 0 Å². The second-order valence-corrected chi connectivity index (χ2v) is 5.23. The molecule has 0 bridgehead atoms. The minimum absolute atomic E-state index is 0.231. The van der Waals surface area contributed by atoms with Crippen molar-refractivity contribution in [3.63, 3.8) is 0 Å². The van der Waals surface area contributed by atoms with Crippen molar-refractivity contribution in [3.8, 4) is 11.3 Å². The van der Waals surface area contributed by atoms with Gasteiger partial charge in [-0.1, -0.05) is 17.7 Å². The second kappa shape index (κ2) is 6.03. The third-order valence-electron chi connectivity index (χ3n) is 3.20. The van der Waals surface area contributed by atoms with Gasteiger partial charge in [0.15, 0.2) is 5.76 Å². The summed E-state index contributed by atoms with van der Waals surface area (Å²) in [4.78, 5) is 16.3. The van der Waals surface area contributed by atoms with Crippen molar-refractivity contribution in [2.24, 2.45) is 0 Å². The minimum Gasteiger partial charge on any atom is -0.451 e. The number of carbonyl (C=O) groups excluding carboxylic acids is 1. The molecule has 1 aromatic carbocycles. The lowest BCUT2D eigenvalue weighted by Gasteiger charge is -2.04. The zero-order valence-electron chi connectivity index (χ0n) is 11.8. The van der Waals surface area contributed by atoms with Crippen LogP contribution in [-0.2, 0) is 0 Å². The number of aryl methyl sites for hydroxylation is 1. The van der Waals surface area contributed by atoms with Crippen molar-refractivity contribution in [1.82, 2.24) is 4.98 Å². The second-order valence-electron chi connectivity index (χ2n) is 4.79. The van der Waals surface area contributed by atoms with E-state index in [9.17, 15) is 4.79 Å². The molecule has 0 saturated carbocycles. The molecule has 5 heteroatoms. The van der Waals surface area contributed by atoms with Gasteiger partial charge in [-0.05, 0) is 55.0 Å². The zero-order chi connectivity index (χ0) is 15.5. The van der Waals surface area contributed by atoms with Crippen molar-refractivity contribution < 1.29 is 9.21 Å². The number of hydrogen-bond acceptors (Lipinski definition) is 3. The van der Waals surface area contributed by atoms with Crippen LogP contribution in [0.2, 0.25) is 5.02 Å². The number of benzene rings is 1. The van der Waals surface area contributed by atoms with Gasteiger partial charge in [0.25, 0.3) is 5.91 Å². The van der Waals surface area contributed by atoms with Gasteiger partial charge in [0.05, 0.1) is 0 Å². The molecule has 0 aliphatic carbocycles. The van der Waals surface area contributed by atoms with Crippen LogP contribution in [0.15, 0.2) is 59.1 Å². The molecular weight excluding hydrogens is 300 g/mol. The average molecular weight is 313 g/mol. The molecule has 110 valence electrons. The molecule has 0 radical (unpaired) electrons. The molecule has 1 amide bonds. The van der Waals surface area contributed by atoms with Crippen LogP contribution in [-0.4, -0.2) is 10.9 Å². The number of nitrogens with zero attached hydrogens (tertiary/aromatic N) is 1. The normalized spacial score (nSPS) is 10.5. The van der Waals surface area contributed by atoms with E-state index in [-0.39, 0.29) is 11.7 Å². The fraction of sp³-hybridized carbons (Fsp3) is 0.0588. The Morgan fingerprint density at radius 2 is 1.91 bits per heavy atom. The van der Waals surface area contributed by atoms with E-state index in [1.807, 2.05) is 31.2 Å². The maximum absolute atomic E-state index is 12.2. The largest absolute Gasteiger partial charge is 0.451 e. The predicted octanol–water partition coefficient (Wildman–Crippen LogP) is 4.56. The number of amides is 1. The molecular formula is C17H13ClN2O2. The minimum atomic E-state index is -0.331. The van der Waals surface area contributed by atoms with Crippen LogP contribution in [0.25, 0.3) is 11.3 Å². The molecule has 0 spiro atoms.